The van der Waals surface area contributed by atoms with Crippen LogP contribution in [-0.2, 0) is 0 Å². The Bertz CT molecular complexity index is 2260. The monoisotopic (exact) mass is 638 g/mol. The summed E-state index contributed by atoms with van der Waals surface area (Å²) in [5, 5.41) is 11.7. The highest BCUT2D eigenvalue weighted by atomic mass is 32.2. The molecule has 0 heterocycles. The van der Waals surface area contributed by atoms with Gasteiger partial charge in [-0.25, -0.2) is 0 Å². The largest absolute Gasteiger partial charge is 0.0889 e. The van der Waals surface area contributed by atoms with Crippen molar-refractivity contribution in [2.75, 3.05) is 0 Å². The number of hydrogen-bond acceptors (Lipinski definition) is 1. The first kappa shape index (κ1) is 33.6. The van der Waals surface area contributed by atoms with Crippen molar-refractivity contribution in [3.63, 3.8) is 0 Å². The van der Waals surface area contributed by atoms with Crippen molar-refractivity contribution in [1.29, 1.82) is 0 Å². The van der Waals surface area contributed by atoms with Crippen LogP contribution in [0.1, 0.15) is 100 Å². The van der Waals surface area contributed by atoms with E-state index in [2.05, 4.69) is 125 Å². The third-order valence-corrected chi connectivity index (χ3v) is 14.7. The van der Waals surface area contributed by atoms with Crippen molar-refractivity contribution in [1.82, 2.24) is 0 Å². The molecule has 0 unspecified atom stereocenters. The zero-order chi connectivity index (χ0) is 34.9. The van der Waals surface area contributed by atoms with Crippen molar-refractivity contribution in [3.8, 4) is 0 Å². The maximum absolute atomic E-state index is 2.39. The summed E-state index contributed by atoms with van der Waals surface area (Å²) in [7, 11) is 0. The fourth-order valence-electron chi connectivity index (χ4n) is 9.54. The summed E-state index contributed by atoms with van der Waals surface area (Å²) in [5.74, 6) is 0. The van der Waals surface area contributed by atoms with Gasteiger partial charge in [-0.2, -0.15) is 0 Å². The van der Waals surface area contributed by atoms with Crippen molar-refractivity contribution < 1.29 is 0 Å². The molecule has 0 nitrogen and oxygen atoms in total. The van der Waals surface area contributed by atoms with Gasteiger partial charge in [0, 0.05) is 9.79 Å². The Morgan fingerprint density at radius 3 is 0.553 bits per heavy atom. The van der Waals surface area contributed by atoms with E-state index in [0.717, 1.165) is 0 Å². The van der Waals surface area contributed by atoms with Crippen LogP contribution in [0.5, 0.6) is 0 Å². The van der Waals surface area contributed by atoms with Crippen molar-refractivity contribution >= 4 is 54.9 Å². The highest BCUT2D eigenvalue weighted by Gasteiger charge is 2.25. The third kappa shape index (κ3) is 4.27. The lowest BCUT2D eigenvalue weighted by atomic mass is 9.81. The van der Waals surface area contributed by atoms with E-state index < -0.39 is 0 Å². The molecule has 244 valence electrons. The van der Waals surface area contributed by atoms with Crippen molar-refractivity contribution in [2.45, 2.75) is 134 Å². The molecular weight excluding hydrogens is 585 g/mol. The summed E-state index contributed by atoms with van der Waals surface area (Å²) in [4.78, 5) is 2.85. The van der Waals surface area contributed by atoms with Crippen molar-refractivity contribution in [2.24, 2.45) is 0 Å². The SMILES string of the molecule is Cc1c(C)c(C)c2c(C)c3c(C)c(Sc4c(C)c(C)c5c(C)c6c(C)c(C)c(C)c(C)c6c(C)c5c4C)c(C)c(C)c3c(C)c2c1C. The summed E-state index contributed by atoms with van der Waals surface area (Å²) in [6.45, 7) is 42.2. The minimum Gasteiger partial charge on any atom is -0.0889 e. The second-order valence-electron chi connectivity index (χ2n) is 15.0. The highest BCUT2D eigenvalue weighted by Crippen LogP contribution is 2.50. The lowest BCUT2D eigenvalue weighted by molar-refractivity contribution is 1.16. The fraction of sp³-hybridized carbons (Fsp3) is 0.391. The highest BCUT2D eigenvalue weighted by molar-refractivity contribution is 7.99. The molecule has 0 spiro atoms. The molecule has 0 amide bonds. The molecule has 6 aromatic rings. The van der Waals surface area contributed by atoms with Gasteiger partial charge >= 0.3 is 0 Å². The molecular formula is C46H54S. The predicted octanol–water partition coefficient (Wildman–Crippen LogP) is 14.0. The second kappa shape index (κ2) is 11.1. The average molecular weight is 639 g/mol. The maximum Gasteiger partial charge on any atom is 0.0190 e. The van der Waals surface area contributed by atoms with Gasteiger partial charge in [-0.15, -0.1) is 0 Å². The Morgan fingerprint density at radius 2 is 0.340 bits per heavy atom. The Kier molecular flexibility index (Phi) is 7.96. The predicted molar refractivity (Wildman–Crippen MR) is 212 cm³/mol. The lowest BCUT2D eigenvalue weighted by Gasteiger charge is -2.27. The third-order valence-electron chi connectivity index (χ3n) is 13.1. The zero-order valence-corrected chi connectivity index (χ0v) is 33.2. The van der Waals surface area contributed by atoms with E-state index in [1.54, 1.807) is 0 Å². The van der Waals surface area contributed by atoms with E-state index in [0.29, 0.717) is 0 Å². The minimum atomic E-state index is 1.42. The summed E-state index contributed by atoms with van der Waals surface area (Å²) in [6, 6.07) is 0. The van der Waals surface area contributed by atoms with Crippen LogP contribution in [0.15, 0.2) is 9.79 Å². The molecule has 0 aliphatic carbocycles. The fourth-order valence-corrected chi connectivity index (χ4v) is 10.9. The lowest BCUT2D eigenvalue weighted by Crippen LogP contribution is -2.04. The molecule has 0 N–H and O–H groups in total. The van der Waals surface area contributed by atoms with Gasteiger partial charge in [0.1, 0.15) is 0 Å². The standard InChI is InChI=1S/C46H54S/c1-19-21(3)25(7)39-33(15)43-35(17)45(29(11)27(9)41(43)31(13)37(39)23(19)5)47-46-30(12)28(10)42-32(14)38-24(6)20(2)22(4)26(8)40(38)34(16)44(42)36(46)18/h1-18H3. The van der Waals surface area contributed by atoms with Crippen LogP contribution in [0.2, 0.25) is 0 Å². The van der Waals surface area contributed by atoms with Gasteiger partial charge in [-0.05, 0) is 268 Å². The summed E-state index contributed by atoms with van der Waals surface area (Å²) < 4.78 is 0. The summed E-state index contributed by atoms with van der Waals surface area (Å²) in [5.41, 5.74) is 25.7. The van der Waals surface area contributed by atoms with Crippen molar-refractivity contribution in [3.05, 3.63) is 100 Å². The zero-order valence-electron chi connectivity index (χ0n) is 32.4. The van der Waals surface area contributed by atoms with Gasteiger partial charge in [0.05, 0.1) is 0 Å². The molecule has 0 aliphatic heterocycles. The first-order valence-corrected chi connectivity index (χ1v) is 18.2. The van der Waals surface area contributed by atoms with Crippen LogP contribution in [0.3, 0.4) is 0 Å². The molecule has 0 atom stereocenters. The van der Waals surface area contributed by atoms with E-state index >= 15 is 0 Å². The van der Waals surface area contributed by atoms with Gasteiger partial charge in [-0.3, -0.25) is 0 Å². The van der Waals surface area contributed by atoms with Gasteiger partial charge < -0.3 is 0 Å². The topological polar surface area (TPSA) is 0 Å². The normalized spacial score (nSPS) is 12.1. The van der Waals surface area contributed by atoms with Crippen LogP contribution in [0.25, 0.3) is 43.1 Å². The molecule has 0 bridgehead atoms. The number of rotatable bonds is 2. The van der Waals surface area contributed by atoms with E-state index in [1.807, 2.05) is 11.8 Å². The van der Waals surface area contributed by atoms with Gasteiger partial charge in [0.15, 0.2) is 0 Å². The first-order valence-electron chi connectivity index (χ1n) is 17.4. The Balaban J connectivity index is 1.72. The first-order chi connectivity index (χ1) is 21.9. The van der Waals surface area contributed by atoms with Crippen LogP contribution >= 0.6 is 11.8 Å². The molecule has 0 radical (unpaired) electrons. The number of benzene rings is 6. The van der Waals surface area contributed by atoms with Crippen LogP contribution in [0, 0.1) is 125 Å². The molecule has 1 heteroatoms. The molecule has 0 aromatic heterocycles. The van der Waals surface area contributed by atoms with Crippen LogP contribution < -0.4 is 0 Å². The van der Waals surface area contributed by atoms with Crippen LogP contribution in [-0.4, -0.2) is 0 Å². The molecule has 0 saturated heterocycles. The summed E-state index contributed by atoms with van der Waals surface area (Å²) in [6.07, 6.45) is 0. The molecule has 6 rings (SSSR count). The Labute approximate surface area is 288 Å². The van der Waals surface area contributed by atoms with E-state index in [9.17, 15) is 0 Å². The summed E-state index contributed by atoms with van der Waals surface area (Å²) >= 11 is 2.02. The smallest absolute Gasteiger partial charge is 0.0190 e. The quantitative estimate of drug-likeness (QED) is 0.170. The van der Waals surface area contributed by atoms with Crippen LogP contribution in [0.4, 0.5) is 0 Å². The van der Waals surface area contributed by atoms with E-state index in [1.165, 1.54) is 153 Å². The van der Waals surface area contributed by atoms with Gasteiger partial charge in [0.2, 0.25) is 0 Å². The molecule has 0 fully saturated rings. The Morgan fingerprint density at radius 1 is 0.170 bits per heavy atom. The maximum atomic E-state index is 2.39. The van der Waals surface area contributed by atoms with Gasteiger partial charge in [-0.1, -0.05) is 11.8 Å². The minimum absolute atomic E-state index is 1.42. The number of aryl methyl sites for hydroxylation is 12. The Hall–Kier alpha value is -3.29. The number of hydrogen-bond donors (Lipinski definition) is 0. The average Bonchev–Trinajstić information content (AvgIpc) is 3.03. The van der Waals surface area contributed by atoms with E-state index in [4.69, 9.17) is 0 Å². The number of fused-ring (bicyclic) bond motifs is 4. The molecule has 0 aliphatic rings. The van der Waals surface area contributed by atoms with Gasteiger partial charge in [0.25, 0.3) is 0 Å². The van der Waals surface area contributed by atoms with E-state index in [-0.39, 0.29) is 0 Å². The molecule has 47 heavy (non-hydrogen) atoms. The second-order valence-corrected chi connectivity index (χ2v) is 16.0. The molecule has 0 saturated carbocycles. The molecule has 6 aromatic carbocycles.